The van der Waals surface area contributed by atoms with Crippen LogP contribution in [0.3, 0.4) is 0 Å². The Balaban J connectivity index is 1.48. The van der Waals surface area contributed by atoms with Crippen LogP contribution in [0, 0.1) is 5.92 Å². The van der Waals surface area contributed by atoms with Gasteiger partial charge in [-0.2, -0.15) is 0 Å². The Labute approximate surface area is 142 Å². The van der Waals surface area contributed by atoms with E-state index >= 15 is 0 Å². The van der Waals surface area contributed by atoms with Crippen LogP contribution in [0.5, 0.6) is 11.5 Å². The summed E-state index contributed by atoms with van der Waals surface area (Å²) in [5, 5.41) is 8.02. The van der Waals surface area contributed by atoms with Crippen molar-refractivity contribution in [1.29, 1.82) is 0 Å². The number of para-hydroxylation sites is 2. The third-order valence-corrected chi connectivity index (χ3v) is 4.26. The van der Waals surface area contributed by atoms with Crippen molar-refractivity contribution in [3.05, 3.63) is 36.0 Å². The Kier molecular flexibility index (Phi) is 5.69. The van der Waals surface area contributed by atoms with Crippen molar-refractivity contribution >= 4 is 0 Å². The van der Waals surface area contributed by atoms with Crippen LogP contribution in [0.25, 0.3) is 0 Å². The molecule has 0 saturated heterocycles. The number of benzene rings is 1. The second kappa shape index (κ2) is 8.15. The largest absolute Gasteiger partial charge is 0.493 e. The lowest BCUT2D eigenvalue weighted by Gasteiger charge is -2.26. The van der Waals surface area contributed by atoms with Crippen LogP contribution in [-0.2, 0) is 18.0 Å². The Bertz CT molecular complexity index is 643. The van der Waals surface area contributed by atoms with Gasteiger partial charge in [-0.1, -0.05) is 31.9 Å². The molecule has 1 saturated carbocycles. The van der Waals surface area contributed by atoms with Crippen LogP contribution in [0.2, 0.25) is 0 Å². The number of ether oxygens (including phenoxy) is 3. The van der Waals surface area contributed by atoms with Gasteiger partial charge >= 0.3 is 0 Å². The highest BCUT2D eigenvalue weighted by Gasteiger charge is 2.20. The number of methoxy groups -OCH3 is 1. The van der Waals surface area contributed by atoms with Gasteiger partial charge in [0.05, 0.1) is 13.2 Å². The molecule has 24 heavy (non-hydrogen) atoms. The fourth-order valence-electron chi connectivity index (χ4n) is 3.00. The molecule has 0 radical (unpaired) electrons. The molecule has 1 aromatic carbocycles. The Morgan fingerprint density at radius 2 is 1.83 bits per heavy atom. The SMILES string of the molecule is COc1ccccc1OCc1nnc(CO[C@@H]2CCC[C@H](C)C2)o1. The molecule has 1 aliphatic carbocycles. The highest BCUT2D eigenvalue weighted by Crippen LogP contribution is 2.27. The van der Waals surface area contributed by atoms with E-state index in [2.05, 4.69) is 17.1 Å². The highest BCUT2D eigenvalue weighted by atomic mass is 16.5. The first kappa shape index (κ1) is 16.8. The van der Waals surface area contributed by atoms with E-state index in [4.69, 9.17) is 18.6 Å². The Morgan fingerprint density at radius 3 is 2.58 bits per heavy atom. The standard InChI is InChI=1S/C18H24N2O4/c1-13-6-5-7-14(10-13)22-11-17-19-20-18(24-17)12-23-16-9-4-3-8-15(16)21-2/h3-4,8-9,13-14H,5-7,10-12H2,1-2H3/t13-,14+/m0/s1. The molecular weight excluding hydrogens is 308 g/mol. The lowest BCUT2D eigenvalue weighted by molar-refractivity contribution is -0.00519. The summed E-state index contributed by atoms with van der Waals surface area (Å²) in [4.78, 5) is 0. The minimum Gasteiger partial charge on any atom is -0.493 e. The average Bonchev–Trinajstić information content (AvgIpc) is 3.06. The first-order chi connectivity index (χ1) is 11.7. The number of rotatable bonds is 7. The van der Waals surface area contributed by atoms with Gasteiger partial charge in [0.1, 0.15) is 6.61 Å². The smallest absolute Gasteiger partial charge is 0.253 e. The number of hydrogen-bond acceptors (Lipinski definition) is 6. The molecule has 1 heterocycles. The third kappa shape index (κ3) is 4.47. The van der Waals surface area contributed by atoms with Crippen LogP contribution in [0.15, 0.2) is 28.7 Å². The average molecular weight is 332 g/mol. The summed E-state index contributed by atoms with van der Waals surface area (Å²) in [5.41, 5.74) is 0. The quantitative estimate of drug-likeness (QED) is 0.769. The topological polar surface area (TPSA) is 66.6 Å². The summed E-state index contributed by atoms with van der Waals surface area (Å²) in [6, 6.07) is 7.45. The molecule has 0 unspecified atom stereocenters. The van der Waals surface area contributed by atoms with Crippen LogP contribution in [0.4, 0.5) is 0 Å². The van der Waals surface area contributed by atoms with Gasteiger partial charge in [-0.05, 0) is 30.9 Å². The molecule has 6 nitrogen and oxygen atoms in total. The van der Waals surface area contributed by atoms with Gasteiger partial charge in [0.15, 0.2) is 18.1 Å². The third-order valence-electron chi connectivity index (χ3n) is 4.26. The minimum absolute atomic E-state index is 0.202. The van der Waals surface area contributed by atoms with Crippen molar-refractivity contribution in [3.8, 4) is 11.5 Å². The predicted molar refractivity (Wildman–Crippen MR) is 87.8 cm³/mol. The number of hydrogen-bond donors (Lipinski definition) is 0. The first-order valence-electron chi connectivity index (χ1n) is 8.43. The van der Waals surface area contributed by atoms with Crippen molar-refractivity contribution in [2.45, 2.75) is 51.9 Å². The van der Waals surface area contributed by atoms with Gasteiger partial charge in [0.2, 0.25) is 5.89 Å². The molecule has 0 spiro atoms. The van der Waals surface area contributed by atoms with Crippen LogP contribution < -0.4 is 9.47 Å². The predicted octanol–water partition coefficient (Wildman–Crippen LogP) is 3.75. The lowest BCUT2D eigenvalue weighted by Crippen LogP contribution is -2.21. The first-order valence-corrected chi connectivity index (χ1v) is 8.43. The summed E-state index contributed by atoms with van der Waals surface area (Å²) in [6.45, 7) is 2.84. The van der Waals surface area contributed by atoms with E-state index in [1.54, 1.807) is 7.11 Å². The van der Waals surface area contributed by atoms with Crippen molar-refractivity contribution < 1.29 is 18.6 Å². The van der Waals surface area contributed by atoms with Crippen molar-refractivity contribution in [1.82, 2.24) is 10.2 Å². The summed E-state index contributed by atoms with van der Waals surface area (Å²) >= 11 is 0. The van der Waals surface area contributed by atoms with E-state index in [1.807, 2.05) is 24.3 Å². The molecule has 2 aromatic rings. The molecule has 0 aliphatic heterocycles. The molecule has 130 valence electrons. The maximum absolute atomic E-state index is 5.89. The Morgan fingerprint density at radius 1 is 1.08 bits per heavy atom. The van der Waals surface area contributed by atoms with E-state index < -0.39 is 0 Å². The van der Waals surface area contributed by atoms with Gasteiger partial charge in [0.25, 0.3) is 5.89 Å². The number of aromatic nitrogens is 2. The molecule has 0 bridgehead atoms. The molecule has 2 atom stereocenters. The molecule has 1 aromatic heterocycles. The van der Waals surface area contributed by atoms with Gasteiger partial charge < -0.3 is 18.6 Å². The fourth-order valence-corrected chi connectivity index (χ4v) is 3.00. The van der Waals surface area contributed by atoms with Gasteiger partial charge in [0, 0.05) is 0 Å². The molecule has 1 aliphatic rings. The van der Waals surface area contributed by atoms with E-state index in [0.717, 1.165) is 18.8 Å². The van der Waals surface area contributed by atoms with E-state index in [1.165, 1.54) is 12.8 Å². The highest BCUT2D eigenvalue weighted by molar-refractivity contribution is 5.39. The van der Waals surface area contributed by atoms with Crippen molar-refractivity contribution in [2.75, 3.05) is 7.11 Å². The fraction of sp³-hybridized carbons (Fsp3) is 0.556. The second-order valence-electron chi connectivity index (χ2n) is 6.23. The summed E-state index contributed by atoms with van der Waals surface area (Å²) in [6.07, 6.45) is 5.05. The number of nitrogens with zero attached hydrogens (tertiary/aromatic N) is 2. The molecule has 0 N–H and O–H groups in total. The van der Waals surface area contributed by atoms with E-state index in [0.29, 0.717) is 36.0 Å². The van der Waals surface area contributed by atoms with Crippen LogP contribution in [0.1, 0.15) is 44.4 Å². The summed E-state index contributed by atoms with van der Waals surface area (Å²) in [5.74, 6) is 2.97. The van der Waals surface area contributed by atoms with Crippen molar-refractivity contribution in [3.63, 3.8) is 0 Å². The van der Waals surface area contributed by atoms with Crippen LogP contribution >= 0.6 is 0 Å². The zero-order valence-corrected chi connectivity index (χ0v) is 14.2. The van der Waals surface area contributed by atoms with Gasteiger partial charge in [-0.15, -0.1) is 10.2 Å². The maximum Gasteiger partial charge on any atom is 0.253 e. The monoisotopic (exact) mass is 332 g/mol. The summed E-state index contributed by atoms with van der Waals surface area (Å²) < 4.78 is 22.4. The maximum atomic E-state index is 5.89. The summed E-state index contributed by atoms with van der Waals surface area (Å²) in [7, 11) is 1.61. The minimum atomic E-state index is 0.202. The van der Waals surface area contributed by atoms with Gasteiger partial charge in [-0.3, -0.25) is 0 Å². The lowest BCUT2D eigenvalue weighted by atomic mass is 9.89. The van der Waals surface area contributed by atoms with E-state index in [9.17, 15) is 0 Å². The zero-order chi connectivity index (χ0) is 16.8. The van der Waals surface area contributed by atoms with Crippen LogP contribution in [-0.4, -0.2) is 23.4 Å². The molecule has 6 heteroatoms. The normalized spacial score (nSPS) is 20.8. The molecule has 1 fully saturated rings. The molecular formula is C18H24N2O4. The zero-order valence-electron chi connectivity index (χ0n) is 14.2. The molecule has 3 rings (SSSR count). The Hall–Kier alpha value is -2.08. The van der Waals surface area contributed by atoms with Gasteiger partial charge in [-0.25, -0.2) is 0 Å². The molecule has 0 amide bonds. The van der Waals surface area contributed by atoms with Crippen molar-refractivity contribution in [2.24, 2.45) is 5.92 Å². The second-order valence-corrected chi connectivity index (χ2v) is 6.23. The van der Waals surface area contributed by atoms with E-state index in [-0.39, 0.29) is 6.61 Å².